The van der Waals surface area contributed by atoms with E-state index in [1.54, 1.807) is 12.4 Å². The first-order valence-electron chi connectivity index (χ1n) is 8.18. The van der Waals surface area contributed by atoms with Crippen LogP contribution in [0.3, 0.4) is 0 Å². The average molecular weight is 338 g/mol. The number of hydrogen-bond donors (Lipinski definition) is 2. The van der Waals surface area contributed by atoms with Gasteiger partial charge in [-0.2, -0.15) is 0 Å². The number of benzene rings is 1. The molecule has 2 saturated heterocycles. The van der Waals surface area contributed by atoms with Gasteiger partial charge in [0.05, 0.1) is 5.92 Å². The molecule has 2 aliphatic heterocycles. The van der Waals surface area contributed by atoms with E-state index in [4.69, 9.17) is 0 Å². The molecule has 1 aromatic carbocycles. The fraction of sp³-hybridized carbons (Fsp3) is 0.333. The summed E-state index contributed by atoms with van der Waals surface area (Å²) in [6, 6.07) is 9.71. The number of carboxylic acid groups (broad SMARTS) is 1. The Hall–Kier alpha value is -2.80. The van der Waals surface area contributed by atoms with Crippen LogP contribution in [0.25, 0.3) is 11.4 Å². The monoisotopic (exact) mass is 338 g/mol. The van der Waals surface area contributed by atoms with Gasteiger partial charge in [-0.05, 0) is 0 Å². The van der Waals surface area contributed by atoms with Gasteiger partial charge in [0.15, 0.2) is 5.82 Å². The molecule has 4 rings (SSSR count). The largest absolute Gasteiger partial charge is 0.481 e. The number of fused-ring (bicyclic) bond motifs is 1. The Kier molecular flexibility index (Phi) is 3.73. The minimum Gasteiger partial charge on any atom is -0.481 e. The number of aromatic nitrogens is 2. The Morgan fingerprint density at radius 1 is 1.28 bits per heavy atom. The highest BCUT2D eigenvalue weighted by Gasteiger charge is 2.59. The predicted octanol–water partition coefficient (Wildman–Crippen LogP) is 0.776. The summed E-state index contributed by atoms with van der Waals surface area (Å²) in [7, 11) is 0. The summed E-state index contributed by atoms with van der Waals surface area (Å²) in [4.78, 5) is 34.4. The number of carboxylic acids is 1. The van der Waals surface area contributed by atoms with Gasteiger partial charge >= 0.3 is 5.97 Å². The molecule has 2 aromatic rings. The van der Waals surface area contributed by atoms with Crippen LogP contribution in [0.5, 0.6) is 0 Å². The van der Waals surface area contributed by atoms with Crippen molar-refractivity contribution in [1.29, 1.82) is 0 Å². The highest BCUT2D eigenvalue weighted by atomic mass is 16.4. The molecule has 2 fully saturated rings. The molecule has 0 bridgehead atoms. The van der Waals surface area contributed by atoms with Crippen molar-refractivity contribution in [3.8, 4) is 11.4 Å². The zero-order valence-corrected chi connectivity index (χ0v) is 13.6. The zero-order valence-electron chi connectivity index (χ0n) is 13.6. The molecule has 2 atom stereocenters. The van der Waals surface area contributed by atoms with Crippen LogP contribution in [0.4, 0.5) is 0 Å². The van der Waals surface area contributed by atoms with Gasteiger partial charge < -0.3 is 10.4 Å². The first-order chi connectivity index (χ1) is 12.1. The molecular formula is C18H18N4O3. The van der Waals surface area contributed by atoms with E-state index in [1.807, 2.05) is 35.2 Å². The number of carbonyl (C=O) groups is 2. The standard InChI is InChI=1S/C18H18N4O3/c23-16-14-9-22(11-18(14,10-21-16)17(24)25)8-12-6-19-15(20-7-12)13-4-2-1-3-5-13/h1-7,14H,8-11H2,(H,21,23)(H,24,25)/t14-,18+/m0/s1. The van der Waals surface area contributed by atoms with Crippen LogP contribution in [0, 0.1) is 11.3 Å². The molecular weight excluding hydrogens is 320 g/mol. The Morgan fingerprint density at radius 3 is 2.64 bits per heavy atom. The molecule has 128 valence electrons. The lowest BCUT2D eigenvalue weighted by Crippen LogP contribution is -2.40. The maximum atomic E-state index is 11.9. The summed E-state index contributed by atoms with van der Waals surface area (Å²) < 4.78 is 0. The van der Waals surface area contributed by atoms with Crippen LogP contribution in [0.15, 0.2) is 42.7 Å². The van der Waals surface area contributed by atoms with Crippen LogP contribution >= 0.6 is 0 Å². The third kappa shape index (κ3) is 2.66. The van der Waals surface area contributed by atoms with Crippen molar-refractivity contribution in [2.24, 2.45) is 11.3 Å². The molecule has 2 N–H and O–H groups in total. The number of carbonyl (C=O) groups excluding carboxylic acids is 1. The molecule has 7 heteroatoms. The summed E-state index contributed by atoms with van der Waals surface area (Å²) in [5, 5.41) is 12.3. The van der Waals surface area contributed by atoms with E-state index in [0.29, 0.717) is 25.5 Å². The Labute approximate surface area is 144 Å². The number of nitrogens with zero attached hydrogens (tertiary/aromatic N) is 3. The quantitative estimate of drug-likeness (QED) is 0.855. The maximum Gasteiger partial charge on any atom is 0.313 e. The van der Waals surface area contributed by atoms with Gasteiger partial charge in [0, 0.05) is 49.7 Å². The van der Waals surface area contributed by atoms with Crippen LogP contribution < -0.4 is 5.32 Å². The van der Waals surface area contributed by atoms with Crippen molar-refractivity contribution in [2.75, 3.05) is 19.6 Å². The van der Waals surface area contributed by atoms with Gasteiger partial charge in [-0.25, -0.2) is 9.97 Å². The maximum absolute atomic E-state index is 11.9. The zero-order chi connectivity index (χ0) is 17.4. The second kappa shape index (κ2) is 5.93. The van der Waals surface area contributed by atoms with Crippen LogP contribution in [0.1, 0.15) is 5.56 Å². The first kappa shape index (κ1) is 15.7. The highest BCUT2D eigenvalue weighted by molar-refractivity contribution is 5.92. The Morgan fingerprint density at radius 2 is 2.00 bits per heavy atom. The molecule has 0 unspecified atom stereocenters. The van der Waals surface area contributed by atoms with E-state index in [1.165, 1.54) is 0 Å². The summed E-state index contributed by atoms with van der Waals surface area (Å²) in [6.07, 6.45) is 3.52. The number of hydrogen-bond acceptors (Lipinski definition) is 5. The SMILES string of the molecule is O=C1NC[C@@]2(C(=O)O)CN(Cc3cnc(-c4ccccc4)nc3)C[C@@H]12. The van der Waals surface area contributed by atoms with Crippen LogP contribution in [-0.4, -0.2) is 51.5 Å². The van der Waals surface area contributed by atoms with Crippen molar-refractivity contribution < 1.29 is 14.7 Å². The molecule has 0 aliphatic carbocycles. The summed E-state index contributed by atoms with van der Waals surface area (Å²) in [5.74, 6) is -0.909. The van der Waals surface area contributed by atoms with Gasteiger partial charge in [0.25, 0.3) is 0 Å². The second-order valence-electron chi connectivity index (χ2n) is 6.68. The molecule has 3 heterocycles. The molecule has 2 aliphatic rings. The topological polar surface area (TPSA) is 95.4 Å². The molecule has 25 heavy (non-hydrogen) atoms. The van der Waals surface area contributed by atoms with Crippen molar-refractivity contribution in [3.63, 3.8) is 0 Å². The highest BCUT2D eigenvalue weighted by Crippen LogP contribution is 2.40. The van der Waals surface area contributed by atoms with E-state index >= 15 is 0 Å². The minimum absolute atomic E-state index is 0.166. The molecule has 7 nitrogen and oxygen atoms in total. The molecule has 0 saturated carbocycles. The number of nitrogens with one attached hydrogen (secondary N) is 1. The third-order valence-corrected chi connectivity index (χ3v) is 5.08. The van der Waals surface area contributed by atoms with E-state index in [9.17, 15) is 14.7 Å². The average Bonchev–Trinajstić information content (AvgIpc) is 3.15. The fourth-order valence-corrected chi connectivity index (χ4v) is 3.73. The van der Waals surface area contributed by atoms with Gasteiger partial charge in [0.1, 0.15) is 5.41 Å². The number of likely N-dealkylation sites (tertiary alicyclic amines) is 1. The normalized spacial score (nSPS) is 25.6. The van der Waals surface area contributed by atoms with Crippen molar-refractivity contribution in [2.45, 2.75) is 6.54 Å². The Bertz CT molecular complexity index is 809. The summed E-state index contributed by atoms with van der Waals surface area (Å²) in [5.41, 5.74) is 0.842. The molecule has 0 radical (unpaired) electrons. The van der Waals surface area contributed by atoms with Gasteiger partial charge in [-0.1, -0.05) is 30.3 Å². The Balaban J connectivity index is 1.48. The second-order valence-corrected chi connectivity index (χ2v) is 6.68. The number of amides is 1. The summed E-state index contributed by atoms with van der Waals surface area (Å²) >= 11 is 0. The van der Waals surface area contributed by atoms with E-state index < -0.39 is 17.3 Å². The van der Waals surface area contributed by atoms with Gasteiger partial charge in [-0.3, -0.25) is 14.5 Å². The van der Waals surface area contributed by atoms with Crippen molar-refractivity contribution in [1.82, 2.24) is 20.2 Å². The molecule has 1 amide bonds. The molecule has 0 spiro atoms. The summed E-state index contributed by atoms with van der Waals surface area (Å²) in [6.45, 7) is 1.53. The molecule has 1 aromatic heterocycles. The van der Waals surface area contributed by atoms with E-state index in [2.05, 4.69) is 15.3 Å². The van der Waals surface area contributed by atoms with Crippen LogP contribution in [-0.2, 0) is 16.1 Å². The fourth-order valence-electron chi connectivity index (χ4n) is 3.73. The lowest BCUT2D eigenvalue weighted by atomic mass is 9.81. The minimum atomic E-state index is -1.01. The predicted molar refractivity (Wildman–Crippen MR) is 89.3 cm³/mol. The third-order valence-electron chi connectivity index (χ3n) is 5.08. The van der Waals surface area contributed by atoms with Gasteiger partial charge in [-0.15, -0.1) is 0 Å². The lowest BCUT2D eigenvalue weighted by molar-refractivity contribution is -0.149. The van der Waals surface area contributed by atoms with Crippen molar-refractivity contribution >= 4 is 11.9 Å². The van der Waals surface area contributed by atoms with Gasteiger partial charge in [0.2, 0.25) is 5.91 Å². The van der Waals surface area contributed by atoms with Crippen molar-refractivity contribution in [3.05, 3.63) is 48.3 Å². The van der Waals surface area contributed by atoms with E-state index in [0.717, 1.165) is 11.1 Å². The smallest absolute Gasteiger partial charge is 0.313 e. The number of rotatable bonds is 4. The lowest BCUT2D eigenvalue weighted by Gasteiger charge is -2.21. The first-order valence-corrected chi connectivity index (χ1v) is 8.18. The van der Waals surface area contributed by atoms with E-state index in [-0.39, 0.29) is 12.5 Å². The number of aliphatic carboxylic acids is 1. The van der Waals surface area contributed by atoms with Crippen LogP contribution in [0.2, 0.25) is 0 Å².